The molecule has 0 fully saturated rings. The first kappa shape index (κ1) is 52.1. The highest BCUT2D eigenvalue weighted by Gasteiger charge is 2.47. The second kappa shape index (κ2) is 27.1. The normalized spacial score (nSPS) is 15.8. The molecule has 0 atom stereocenters. The Bertz CT molecular complexity index is 7490. The number of hydrogen-bond donors (Lipinski definition) is 0. The van der Waals surface area contributed by atoms with Crippen molar-refractivity contribution in [1.82, 2.24) is 9.13 Å². The standard InChI is InChI=1S/C110H99BN4/c1-106(2,3)78-52-48-72(49-53-78)89-62-80(108(7,8)9)64-91(76-38-30-36-74(60-76)70-32-18-16-19-33-70)104(89)114-99-68-83(112-95-44-26-22-40-85(95)86-41-23-27-45-96(86)112)56-58-93(99)111-94-59-57-84(113-97-46-28-24-42-87(97)88-43-25-29-47-98(88)113)69-100(94)115(102-67-82(110(13,14)15)66-101(114)103(102)111)105-90(73-50-54-79(55-51-73)107(4,5)6)63-81(109(10,11)12)65-92(105)77-39-31-37-75(61-77)71-34-20-17-21-35-71/h16-69H,1-15H3/i22D,23D,24D,25D,26D,27D,28D,29D,40D,41D,42D,43D,44D,45D,46D,47D,56D,57D,58D,59D,68D,69D. The van der Waals surface area contributed by atoms with E-state index < -0.39 is 189 Å². The molecule has 15 aromatic carbocycles. The van der Waals surface area contributed by atoms with E-state index in [2.05, 4.69) is 168 Å². The fraction of sp³-hybridized carbons (Fsp3) is 0.182. The lowest BCUT2D eigenvalue weighted by Crippen LogP contribution is -2.61. The third-order valence-corrected chi connectivity index (χ3v) is 23.0. The molecule has 17 aromatic rings. The minimum Gasteiger partial charge on any atom is -0.310 e. The number of anilines is 6. The third-order valence-electron chi connectivity index (χ3n) is 23.0. The number of benzene rings is 15. The first-order chi connectivity index (χ1) is 64.4. The van der Waals surface area contributed by atoms with Crippen LogP contribution in [0.5, 0.6) is 0 Å². The molecule has 0 aliphatic carbocycles. The van der Waals surface area contributed by atoms with Crippen molar-refractivity contribution in [3.8, 4) is 78.1 Å². The van der Waals surface area contributed by atoms with Crippen molar-refractivity contribution in [2.45, 2.75) is 131 Å². The van der Waals surface area contributed by atoms with Crippen LogP contribution in [0.1, 0.15) is 162 Å². The zero-order valence-corrected chi connectivity index (χ0v) is 67.3. The van der Waals surface area contributed by atoms with Crippen molar-refractivity contribution in [3.63, 3.8) is 0 Å². The second-order valence-electron chi connectivity index (χ2n) is 35.7. The average Bonchev–Trinajstić information content (AvgIpc) is 1.27. The van der Waals surface area contributed by atoms with Crippen molar-refractivity contribution in [3.05, 3.63) is 355 Å². The molecule has 2 aromatic heterocycles. The molecule has 0 spiro atoms. The van der Waals surface area contributed by atoms with Gasteiger partial charge in [0.25, 0.3) is 6.71 Å². The Labute approximate surface area is 710 Å². The molecule has 0 amide bonds. The number of aromatic nitrogens is 2. The smallest absolute Gasteiger partial charge is 0.252 e. The quantitative estimate of drug-likeness (QED) is 0.127. The van der Waals surface area contributed by atoms with E-state index in [4.69, 9.17) is 0 Å². The van der Waals surface area contributed by atoms with Crippen LogP contribution >= 0.6 is 0 Å². The lowest BCUT2D eigenvalue weighted by Gasteiger charge is -2.47. The van der Waals surface area contributed by atoms with Crippen LogP contribution < -0.4 is 26.2 Å². The summed E-state index contributed by atoms with van der Waals surface area (Å²) in [4.78, 5) is 3.88. The summed E-state index contributed by atoms with van der Waals surface area (Å²) in [7, 11) is 0. The maximum Gasteiger partial charge on any atom is 0.252 e. The summed E-state index contributed by atoms with van der Waals surface area (Å²) < 4.78 is 227. The Balaban J connectivity index is 1.11. The molecule has 0 saturated heterocycles. The van der Waals surface area contributed by atoms with Gasteiger partial charge >= 0.3 is 0 Å². The van der Waals surface area contributed by atoms with Gasteiger partial charge in [0, 0.05) is 77.9 Å². The molecule has 115 heavy (non-hydrogen) atoms. The Hall–Kier alpha value is -12.4. The van der Waals surface area contributed by atoms with Crippen LogP contribution in [0.15, 0.2) is 327 Å². The van der Waals surface area contributed by atoms with E-state index in [1.165, 1.54) is 0 Å². The maximum atomic E-state index is 12.1. The predicted octanol–water partition coefficient (Wildman–Crippen LogP) is 28.5. The fourth-order valence-corrected chi connectivity index (χ4v) is 16.7. The van der Waals surface area contributed by atoms with Gasteiger partial charge in [-0.2, -0.15) is 0 Å². The van der Waals surface area contributed by atoms with Gasteiger partial charge in [-0.25, -0.2) is 0 Å². The topological polar surface area (TPSA) is 16.3 Å². The first-order valence-electron chi connectivity index (χ1n) is 50.4. The SMILES string of the molecule is [2H]c1c([2H])c(-n2c3c([2H])c([2H])c([2H])c([2H])c3c3c([2H])c([2H])c([2H])c([2H])c32)c([2H])c2c1B1c3c(cc(C(C)(C)C)cc3N(c3c(-c4ccc(C(C)(C)C)cc4)cc(C(C)(C)C)cc3-c3cccc(-c4ccccc4)c3)c3c([2H])c(-n4c5c([2H])c([2H])c([2H])c([2H])c5c5c([2H])c([2H])c([2H])c([2H])c54)c([2H])c([2H])c31)N2c1c(-c2ccc(C(C)(C)C)cc2)cc(C(C)(C)C)cc1-c1cccc(-c2ccccc2)c1. The van der Waals surface area contributed by atoms with E-state index in [0.717, 1.165) is 53.6 Å². The zero-order chi connectivity index (χ0) is 98.5. The highest BCUT2D eigenvalue weighted by molar-refractivity contribution is 7.00. The molecule has 0 unspecified atom stereocenters. The van der Waals surface area contributed by atoms with Crippen molar-refractivity contribution < 1.29 is 30.2 Å². The largest absolute Gasteiger partial charge is 0.310 e. The molecule has 4 heterocycles. The molecule has 19 rings (SSSR count). The number of rotatable bonds is 10. The molecule has 2 aliphatic rings. The fourth-order valence-electron chi connectivity index (χ4n) is 16.7. The maximum absolute atomic E-state index is 12.1. The van der Waals surface area contributed by atoms with Gasteiger partial charge in [0.2, 0.25) is 0 Å². The number of nitrogens with zero attached hydrogens (tertiary/aromatic N) is 4. The van der Waals surface area contributed by atoms with E-state index in [1.807, 2.05) is 140 Å². The molecule has 2 aliphatic heterocycles. The summed E-state index contributed by atoms with van der Waals surface area (Å²) in [6, 6.07) is 49.3. The monoisotopic (exact) mass is 1510 g/mol. The van der Waals surface area contributed by atoms with Crippen molar-refractivity contribution in [2.75, 3.05) is 9.80 Å². The summed E-state index contributed by atoms with van der Waals surface area (Å²) in [6.07, 6.45) is 0. The summed E-state index contributed by atoms with van der Waals surface area (Å²) in [5, 5.41) is -1.43. The van der Waals surface area contributed by atoms with Gasteiger partial charge in [0.1, 0.15) is 0 Å². The molecular formula is C110H99BN4. The summed E-state index contributed by atoms with van der Waals surface area (Å²) >= 11 is 0. The lowest BCUT2D eigenvalue weighted by molar-refractivity contribution is 0.590. The predicted molar refractivity (Wildman–Crippen MR) is 495 cm³/mol. The van der Waals surface area contributed by atoms with Gasteiger partial charge in [0.15, 0.2) is 0 Å². The highest BCUT2D eigenvalue weighted by atomic mass is 15.2. The van der Waals surface area contributed by atoms with Gasteiger partial charge in [-0.05, 0) is 213 Å². The Morgan fingerprint density at radius 1 is 0.252 bits per heavy atom. The van der Waals surface area contributed by atoms with Gasteiger partial charge in [-0.3, -0.25) is 0 Å². The summed E-state index contributed by atoms with van der Waals surface area (Å²) in [5.41, 5.74) is 8.02. The van der Waals surface area contributed by atoms with Crippen LogP contribution in [-0.4, -0.2) is 15.8 Å². The van der Waals surface area contributed by atoms with E-state index >= 15 is 0 Å². The minimum absolute atomic E-state index is 0.165. The minimum atomic E-state index is -1.70. The van der Waals surface area contributed by atoms with Crippen molar-refractivity contribution in [2.24, 2.45) is 0 Å². The second-order valence-corrected chi connectivity index (χ2v) is 35.7. The average molecular weight is 1510 g/mol. The van der Waals surface area contributed by atoms with Crippen LogP contribution in [-0.2, 0) is 27.1 Å². The number of fused-ring (bicyclic) bond motifs is 10. The van der Waals surface area contributed by atoms with Gasteiger partial charge < -0.3 is 18.9 Å². The third kappa shape index (κ3) is 12.5. The summed E-state index contributed by atoms with van der Waals surface area (Å²) in [5.74, 6) is 0. The van der Waals surface area contributed by atoms with Gasteiger partial charge in [-0.1, -0.05) is 334 Å². The molecule has 562 valence electrons. The molecule has 0 radical (unpaired) electrons. The highest BCUT2D eigenvalue weighted by Crippen LogP contribution is 2.57. The van der Waals surface area contributed by atoms with Crippen molar-refractivity contribution >= 4 is 101 Å². The van der Waals surface area contributed by atoms with E-state index in [-0.39, 0.29) is 54.7 Å². The van der Waals surface area contributed by atoms with Crippen LogP contribution in [0.2, 0.25) is 0 Å². The van der Waals surface area contributed by atoms with Crippen LogP contribution in [0.25, 0.3) is 122 Å². The molecule has 0 saturated carbocycles. The van der Waals surface area contributed by atoms with Crippen LogP contribution in [0.4, 0.5) is 34.1 Å². The van der Waals surface area contributed by atoms with Crippen LogP contribution in [0.3, 0.4) is 0 Å². The van der Waals surface area contributed by atoms with E-state index in [1.54, 1.807) is 0 Å². The molecule has 4 nitrogen and oxygen atoms in total. The molecule has 0 bridgehead atoms. The molecular weight excluding hydrogens is 1390 g/mol. The Morgan fingerprint density at radius 2 is 0.548 bits per heavy atom. The van der Waals surface area contributed by atoms with Crippen LogP contribution in [0, 0.1) is 0 Å². The molecule has 0 N–H and O–H groups in total. The number of para-hydroxylation sites is 4. The summed E-state index contributed by atoms with van der Waals surface area (Å²) in [6.45, 7) is 29.9. The van der Waals surface area contributed by atoms with E-state index in [9.17, 15) is 30.2 Å². The first-order valence-corrected chi connectivity index (χ1v) is 39.4. The van der Waals surface area contributed by atoms with Gasteiger partial charge in [0.05, 0.1) is 63.6 Å². The van der Waals surface area contributed by atoms with Gasteiger partial charge in [-0.15, -0.1) is 0 Å². The lowest BCUT2D eigenvalue weighted by atomic mass is 9.33. The molecule has 5 heteroatoms. The van der Waals surface area contributed by atoms with Crippen molar-refractivity contribution in [1.29, 1.82) is 0 Å². The van der Waals surface area contributed by atoms with E-state index in [0.29, 0.717) is 78.3 Å². The Kier molecular flexibility index (Phi) is 12.3. The number of hydrogen-bond acceptors (Lipinski definition) is 2. The Morgan fingerprint density at radius 3 is 0.878 bits per heavy atom. The zero-order valence-electron chi connectivity index (χ0n) is 89.3.